The van der Waals surface area contributed by atoms with Gasteiger partial charge in [0.25, 0.3) is 0 Å². The maximum absolute atomic E-state index is 5.83. The van der Waals surface area contributed by atoms with Crippen molar-refractivity contribution in [3.05, 3.63) is 35.9 Å². The minimum atomic E-state index is 0.610. The summed E-state index contributed by atoms with van der Waals surface area (Å²) >= 11 is 0. The highest BCUT2D eigenvalue weighted by atomic mass is 15.2. The fourth-order valence-corrected chi connectivity index (χ4v) is 3.90. The molecule has 0 radical (unpaired) electrons. The summed E-state index contributed by atoms with van der Waals surface area (Å²) in [5, 5.41) is 0. The van der Waals surface area contributed by atoms with Gasteiger partial charge < -0.3 is 5.73 Å². The van der Waals surface area contributed by atoms with Crippen molar-refractivity contribution in [2.75, 3.05) is 19.6 Å². The standard InChI is InChI=1S/C16H24N2/c17-11-15-6-7-16(10-15)8-9-18(13-16)12-14-4-2-1-3-5-14/h1-5,15H,6-13,17H2/t15-,16-/m0/s1. The van der Waals surface area contributed by atoms with Gasteiger partial charge in [-0.05, 0) is 55.7 Å². The molecule has 0 aromatic heterocycles. The van der Waals surface area contributed by atoms with E-state index in [0.29, 0.717) is 5.41 Å². The van der Waals surface area contributed by atoms with E-state index in [1.54, 1.807) is 0 Å². The second kappa shape index (κ2) is 5.02. The number of rotatable bonds is 3. The summed E-state index contributed by atoms with van der Waals surface area (Å²) in [6.45, 7) is 4.57. The number of nitrogens with two attached hydrogens (primary N) is 1. The van der Waals surface area contributed by atoms with Crippen LogP contribution in [0.15, 0.2) is 30.3 Å². The second-order valence-electron chi connectivity index (χ2n) is 6.29. The summed E-state index contributed by atoms with van der Waals surface area (Å²) in [6, 6.07) is 10.9. The number of benzene rings is 1. The zero-order chi connectivity index (χ0) is 12.4. The summed E-state index contributed by atoms with van der Waals surface area (Å²) in [5.74, 6) is 0.793. The molecule has 1 spiro atoms. The summed E-state index contributed by atoms with van der Waals surface area (Å²) in [6.07, 6.45) is 5.51. The third kappa shape index (κ3) is 2.45. The molecule has 1 aromatic carbocycles. The van der Waals surface area contributed by atoms with Crippen LogP contribution in [0.3, 0.4) is 0 Å². The van der Waals surface area contributed by atoms with Crippen LogP contribution in [0, 0.1) is 11.3 Å². The molecule has 0 unspecified atom stereocenters. The lowest BCUT2D eigenvalue weighted by Crippen LogP contribution is -2.25. The predicted molar refractivity (Wildman–Crippen MR) is 75.2 cm³/mol. The highest BCUT2D eigenvalue weighted by molar-refractivity contribution is 5.15. The maximum Gasteiger partial charge on any atom is 0.0233 e. The zero-order valence-corrected chi connectivity index (χ0v) is 11.1. The Balaban J connectivity index is 1.59. The van der Waals surface area contributed by atoms with Gasteiger partial charge in [0.2, 0.25) is 0 Å². The SMILES string of the molecule is NC[C@H]1CC[C@]2(CCN(Cc3ccccc3)C2)C1. The van der Waals surface area contributed by atoms with Gasteiger partial charge in [-0.2, -0.15) is 0 Å². The van der Waals surface area contributed by atoms with Crippen LogP contribution in [0.2, 0.25) is 0 Å². The molecule has 18 heavy (non-hydrogen) atoms. The van der Waals surface area contributed by atoms with E-state index in [0.717, 1.165) is 19.0 Å². The smallest absolute Gasteiger partial charge is 0.0233 e. The lowest BCUT2D eigenvalue weighted by Gasteiger charge is -2.24. The Morgan fingerprint density at radius 1 is 1.22 bits per heavy atom. The van der Waals surface area contributed by atoms with Crippen LogP contribution in [0.25, 0.3) is 0 Å². The Bertz CT molecular complexity index is 389. The van der Waals surface area contributed by atoms with Gasteiger partial charge in [-0.25, -0.2) is 0 Å². The highest BCUT2D eigenvalue weighted by Crippen LogP contribution is 2.47. The molecule has 2 fully saturated rings. The van der Waals surface area contributed by atoms with Gasteiger partial charge in [0.05, 0.1) is 0 Å². The molecule has 1 saturated carbocycles. The van der Waals surface area contributed by atoms with Gasteiger partial charge in [-0.3, -0.25) is 4.90 Å². The zero-order valence-electron chi connectivity index (χ0n) is 11.1. The molecule has 3 rings (SSSR count). The lowest BCUT2D eigenvalue weighted by molar-refractivity contribution is 0.249. The van der Waals surface area contributed by atoms with Crippen LogP contribution in [0.4, 0.5) is 0 Å². The fourth-order valence-electron chi connectivity index (χ4n) is 3.90. The minimum Gasteiger partial charge on any atom is -0.330 e. The average molecular weight is 244 g/mol. The normalized spacial score (nSPS) is 32.4. The predicted octanol–water partition coefficient (Wildman–Crippen LogP) is 2.64. The van der Waals surface area contributed by atoms with Gasteiger partial charge in [-0.15, -0.1) is 0 Å². The van der Waals surface area contributed by atoms with Gasteiger partial charge in [-0.1, -0.05) is 30.3 Å². The maximum atomic E-state index is 5.83. The third-order valence-corrected chi connectivity index (χ3v) is 4.90. The van der Waals surface area contributed by atoms with Gasteiger partial charge >= 0.3 is 0 Å². The Morgan fingerprint density at radius 3 is 2.78 bits per heavy atom. The quantitative estimate of drug-likeness (QED) is 0.885. The first-order valence-corrected chi connectivity index (χ1v) is 7.26. The molecule has 2 aliphatic rings. The van der Waals surface area contributed by atoms with Gasteiger partial charge in [0, 0.05) is 13.1 Å². The molecule has 2 heteroatoms. The van der Waals surface area contributed by atoms with Gasteiger partial charge in [0.1, 0.15) is 0 Å². The molecule has 1 saturated heterocycles. The second-order valence-corrected chi connectivity index (χ2v) is 6.29. The van der Waals surface area contributed by atoms with Crippen molar-refractivity contribution in [2.24, 2.45) is 17.1 Å². The van der Waals surface area contributed by atoms with E-state index in [1.165, 1.54) is 44.3 Å². The molecule has 1 aliphatic carbocycles. The largest absolute Gasteiger partial charge is 0.330 e. The Hall–Kier alpha value is -0.860. The van der Waals surface area contributed by atoms with Crippen LogP contribution in [-0.4, -0.2) is 24.5 Å². The summed E-state index contributed by atoms with van der Waals surface area (Å²) < 4.78 is 0. The molecule has 2 nitrogen and oxygen atoms in total. The molecule has 98 valence electrons. The first-order chi connectivity index (χ1) is 8.80. The van der Waals surface area contributed by atoms with E-state index in [-0.39, 0.29) is 0 Å². The van der Waals surface area contributed by atoms with Crippen molar-refractivity contribution in [2.45, 2.75) is 32.2 Å². The fraction of sp³-hybridized carbons (Fsp3) is 0.625. The minimum absolute atomic E-state index is 0.610. The first kappa shape index (κ1) is 12.2. The molecule has 1 aromatic rings. The van der Waals surface area contributed by atoms with E-state index < -0.39 is 0 Å². The Morgan fingerprint density at radius 2 is 2.06 bits per heavy atom. The lowest BCUT2D eigenvalue weighted by atomic mass is 9.84. The van der Waals surface area contributed by atoms with E-state index in [2.05, 4.69) is 35.2 Å². The molecule has 2 atom stereocenters. The van der Waals surface area contributed by atoms with E-state index in [1.807, 2.05) is 0 Å². The molecule has 1 aliphatic heterocycles. The van der Waals surface area contributed by atoms with Crippen LogP contribution in [0.5, 0.6) is 0 Å². The van der Waals surface area contributed by atoms with Crippen molar-refractivity contribution in [1.82, 2.24) is 4.90 Å². The van der Waals surface area contributed by atoms with Crippen LogP contribution >= 0.6 is 0 Å². The molecular weight excluding hydrogens is 220 g/mol. The molecular formula is C16H24N2. The van der Waals surface area contributed by atoms with Crippen molar-refractivity contribution >= 4 is 0 Å². The first-order valence-electron chi connectivity index (χ1n) is 7.26. The Kier molecular flexibility index (Phi) is 3.40. The Labute approximate surface area is 110 Å². The molecule has 2 N–H and O–H groups in total. The van der Waals surface area contributed by atoms with Crippen molar-refractivity contribution < 1.29 is 0 Å². The number of likely N-dealkylation sites (tertiary alicyclic amines) is 1. The van der Waals surface area contributed by atoms with Crippen LogP contribution in [0.1, 0.15) is 31.2 Å². The third-order valence-electron chi connectivity index (χ3n) is 4.90. The van der Waals surface area contributed by atoms with E-state index in [4.69, 9.17) is 5.73 Å². The summed E-state index contributed by atoms with van der Waals surface area (Å²) in [7, 11) is 0. The summed E-state index contributed by atoms with van der Waals surface area (Å²) in [5.41, 5.74) is 7.89. The number of hydrogen-bond donors (Lipinski definition) is 1. The number of nitrogens with zero attached hydrogens (tertiary/aromatic N) is 1. The van der Waals surface area contributed by atoms with Crippen molar-refractivity contribution in [3.63, 3.8) is 0 Å². The monoisotopic (exact) mass is 244 g/mol. The molecule has 0 amide bonds. The van der Waals surface area contributed by atoms with Crippen molar-refractivity contribution in [3.8, 4) is 0 Å². The van der Waals surface area contributed by atoms with Crippen LogP contribution < -0.4 is 5.73 Å². The van der Waals surface area contributed by atoms with Gasteiger partial charge in [0.15, 0.2) is 0 Å². The van der Waals surface area contributed by atoms with E-state index >= 15 is 0 Å². The number of hydrogen-bond acceptors (Lipinski definition) is 2. The molecule has 1 heterocycles. The highest BCUT2D eigenvalue weighted by Gasteiger charge is 2.43. The summed E-state index contributed by atoms with van der Waals surface area (Å²) in [4.78, 5) is 2.63. The van der Waals surface area contributed by atoms with Crippen molar-refractivity contribution in [1.29, 1.82) is 0 Å². The average Bonchev–Trinajstić information content (AvgIpc) is 2.99. The molecule has 0 bridgehead atoms. The van der Waals surface area contributed by atoms with E-state index in [9.17, 15) is 0 Å². The topological polar surface area (TPSA) is 29.3 Å². The van der Waals surface area contributed by atoms with Crippen LogP contribution in [-0.2, 0) is 6.54 Å².